The summed E-state index contributed by atoms with van der Waals surface area (Å²) in [4.78, 5) is 15.8. The summed E-state index contributed by atoms with van der Waals surface area (Å²) in [7, 11) is 5.44. The number of carbonyl (C=O) groups excluding carboxylic acids is 1. The smallest absolute Gasteiger partial charge is 0.241 e. The number of carbonyl (C=O) groups is 1. The van der Waals surface area contributed by atoms with Gasteiger partial charge in [-0.05, 0) is 58.2 Å². The lowest BCUT2D eigenvalue weighted by Crippen LogP contribution is -2.49. The molecule has 0 radical (unpaired) electrons. The molecule has 172 valence electrons. The van der Waals surface area contributed by atoms with Crippen molar-refractivity contribution in [2.45, 2.75) is 63.8 Å². The second-order valence-electron chi connectivity index (χ2n) is 8.88. The second kappa shape index (κ2) is 9.57. The number of methoxy groups -OCH3 is 2. The molecule has 3 aliphatic rings. The quantitative estimate of drug-likeness (QED) is 0.640. The molecule has 1 aromatic rings. The van der Waals surface area contributed by atoms with Gasteiger partial charge in [-0.25, -0.2) is 8.61 Å². The Morgan fingerprint density at radius 3 is 2.55 bits per heavy atom. The Morgan fingerprint density at radius 1 is 1.13 bits per heavy atom. The van der Waals surface area contributed by atoms with E-state index in [1.807, 2.05) is 6.07 Å². The van der Waals surface area contributed by atoms with E-state index in [-0.39, 0.29) is 30.2 Å². The lowest BCUT2D eigenvalue weighted by Gasteiger charge is -2.40. The normalized spacial score (nSPS) is 29.4. The van der Waals surface area contributed by atoms with Crippen LogP contribution in [0.25, 0.3) is 0 Å². The lowest BCUT2D eigenvalue weighted by atomic mass is 9.89. The Balaban J connectivity index is 1.52. The first-order valence-electron chi connectivity index (χ1n) is 11.3. The van der Waals surface area contributed by atoms with Crippen LogP contribution in [0, 0.1) is 0 Å². The summed E-state index contributed by atoms with van der Waals surface area (Å²) >= 11 is 1.68. The van der Waals surface area contributed by atoms with E-state index < -0.39 is 0 Å². The van der Waals surface area contributed by atoms with Gasteiger partial charge < -0.3 is 19.1 Å². The molecule has 8 heteroatoms. The summed E-state index contributed by atoms with van der Waals surface area (Å²) in [6.45, 7) is 6.71. The Labute approximate surface area is 190 Å². The van der Waals surface area contributed by atoms with Crippen molar-refractivity contribution in [1.29, 1.82) is 0 Å². The predicted molar refractivity (Wildman–Crippen MR) is 122 cm³/mol. The van der Waals surface area contributed by atoms with Gasteiger partial charge in [-0.15, -0.1) is 0 Å². The molecule has 0 N–H and O–H groups in total. The number of fused-ring (bicyclic) bond motifs is 3. The van der Waals surface area contributed by atoms with Crippen molar-refractivity contribution in [3.63, 3.8) is 0 Å². The van der Waals surface area contributed by atoms with E-state index in [0.717, 1.165) is 62.4 Å². The topological polar surface area (TPSA) is 54.5 Å². The van der Waals surface area contributed by atoms with E-state index in [2.05, 4.69) is 40.5 Å². The van der Waals surface area contributed by atoms with Gasteiger partial charge in [0.15, 0.2) is 0 Å². The highest BCUT2D eigenvalue weighted by Crippen LogP contribution is 2.44. The fraction of sp³-hybridized carbons (Fsp3) is 0.696. The van der Waals surface area contributed by atoms with Crippen LogP contribution in [0.5, 0.6) is 11.5 Å². The van der Waals surface area contributed by atoms with Gasteiger partial charge in [0.2, 0.25) is 5.91 Å². The second-order valence-corrected chi connectivity index (χ2v) is 10.1. The van der Waals surface area contributed by atoms with E-state index >= 15 is 0 Å². The number of rotatable bonds is 5. The van der Waals surface area contributed by atoms with Gasteiger partial charge >= 0.3 is 0 Å². The number of benzene rings is 1. The zero-order valence-electron chi connectivity index (χ0n) is 19.3. The molecule has 4 unspecified atom stereocenters. The zero-order chi connectivity index (χ0) is 22.1. The third-order valence-electron chi connectivity index (χ3n) is 6.58. The van der Waals surface area contributed by atoms with Crippen LogP contribution in [0.15, 0.2) is 12.1 Å². The molecular weight excluding hydrogens is 414 g/mol. The molecule has 0 aliphatic carbocycles. The molecule has 2 saturated heterocycles. The molecule has 3 heterocycles. The van der Waals surface area contributed by atoms with Gasteiger partial charge in [-0.3, -0.25) is 4.79 Å². The summed E-state index contributed by atoms with van der Waals surface area (Å²) in [5, 5.41) is 0. The standard InChI is InChI=1S/C23H35N3O4S/c1-15-13-25(14-16(2)30-15)31-24(3)20-8-6-7-19-22-17(9-10-26(19)23(20)27)11-18(28-4)12-21(22)29-5/h11-12,15-16,19-20H,6-10,13-14H2,1-5H3. The third-order valence-corrected chi connectivity index (χ3v) is 7.62. The van der Waals surface area contributed by atoms with E-state index in [4.69, 9.17) is 14.2 Å². The fourth-order valence-electron chi connectivity index (χ4n) is 5.24. The van der Waals surface area contributed by atoms with Crippen molar-refractivity contribution >= 4 is 18.0 Å². The Morgan fingerprint density at radius 2 is 1.87 bits per heavy atom. The maximum atomic E-state index is 13.7. The van der Waals surface area contributed by atoms with Gasteiger partial charge in [0.1, 0.15) is 17.5 Å². The molecule has 31 heavy (non-hydrogen) atoms. The summed E-state index contributed by atoms with van der Waals surface area (Å²) < 4.78 is 21.5. The van der Waals surface area contributed by atoms with Gasteiger partial charge in [0.05, 0.1) is 32.5 Å². The van der Waals surface area contributed by atoms with E-state index in [1.165, 1.54) is 5.56 Å². The predicted octanol–water partition coefficient (Wildman–Crippen LogP) is 3.29. The van der Waals surface area contributed by atoms with Crippen molar-refractivity contribution in [2.75, 3.05) is 40.9 Å². The first kappa shape index (κ1) is 22.7. The first-order valence-corrected chi connectivity index (χ1v) is 12.0. The largest absolute Gasteiger partial charge is 0.497 e. The molecule has 0 bridgehead atoms. The SMILES string of the molecule is COc1cc2c(c(OC)c1)C1CCCC(N(C)SN3CC(C)OC(C)C3)C(=O)N1CC2. The van der Waals surface area contributed by atoms with E-state index in [0.29, 0.717) is 0 Å². The number of likely N-dealkylation sites (N-methyl/N-ethyl adjacent to an activating group) is 1. The third kappa shape index (κ3) is 4.67. The van der Waals surface area contributed by atoms with Crippen molar-refractivity contribution < 1.29 is 19.0 Å². The Kier molecular flexibility index (Phi) is 7.01. The molecule has 1 amide bonds. The van der Waals surface area contributed by atoms with E-state index in [1.54, 1.807) is 26.4 Å². The minimum Gasteiger partial charge on any atom is -0.497 e. The Hall–Kier alpha value is -1.48. The first-order chi connectivity index (χ1) is 14.9. The molecule has 7 nitrogen and oxygen atoms in total. The fourth-order valence-corrected chi connectivity index (χ4v) is 6.46. The van der Waals surface area contributed by atoms with Gasteiger partial charge in [-0.2, -0.15) is 0 Å². The summed E-state index contributed by atoms with van der Waals surface area (Å²) in [6, 6.07) is 4.00. The minimum absolute atomic E-state index is 0.0731. The lowest BCUT2D eigenvalue weighted by molar-refractivity contribution is -0.137. The minimum atomic E-state index is -0.116. The number of ether oxygens (including phenoxy) is 3. The van der Waals surface area contributed by atoms with Gasteiger partial charge in [0.25, 0.3) is 0 Å². The maximum absolute atomic E-state index is 13.7. The summed E-state index contributed by atoms with van der Waals surface area (Å²) in [6.07, 6.45) is 4.09. The molecule has 0 saturated carbocycles. The zero-order valence-corrected chi connectivity index (χ0v) is 20.1. The van der Waals surface area contributed by atoms with Crippen LogP contribution in [0.4, 0.5) is 0 Å². The van der Waals surface area contributed by atoms with Crippen LogP contribution < -0.4 is 9.47 Å². The molecule has 1 aromatic carbocycles. The average molecular weight is 450 g/mol. The monoisotopic (exact) mass is 449 g/mol. The van der Waals surface area contributed by atoms with Crippen LogP contribution in [-0.2, 0) is 16.0 Å². The Bertz CT molecular complexity index is 780. The highest BCUT2D eigenvalue weighted by Gasteiger charge is 2.40. The highest BCUT2D eigenvalue weighted by atomic mass is 32.2. The molecule has 2 fully saturated rings. The molecular formula is C23H35N3O4S. The van der Waals surface area contributed by atoms with Gasteiger partial charge in [0, 0.05) is 43.4 Å². The maximum Gasteiger partial charge on any atom is 0.241 e. The number of nitrogens with zero attached hydrogens (tertiary/aromatic N) is 3. The molecule has 4 rings (SSSR count). The average Bonchev–Trinajstić information content (AvgIpc) is 2.90. The van der Waals surface area contributed by atoms with Crippen molar-refractivity contribution in [3.05, 3.63) is 23.3 Å². The number of hydrogen-bond donors (Lipinski definition) is 0. The van der Waals surface area contributed by atoms with Crippen molar-refractivity contribution in [1.82, 2.24) is 13.5 Å². The summed E-state index contributed by atoms with van der Waals surface area (Å²) in [5.41, 5.74) is 2.40. The number of amides is 1. The van der Waals surface area contributed by atoms with Crippen LogP contribution in [0.1, 0.15) is 50.3 Å². The van der Waals surface area contributed by atoms with Gasteiger partial charge in [-0.1, -0.05) is 0 Å². The summed E-state index contributed by atoms with van der Waals surface area (Å²) in [5.74, 6) is 1.87. The molecule has 4 atom stereocenters. The van der Waals surface area contributed by atoms with Crippen LogP contribution in [0.3, 0.4) is 0 Å². The van der Waals surface area contributed by atoms with Crippen LogP contribution in [0.2, 0.25) is 0 Å². The molecule has 0 aromatic heterocycles. The van der Waals surface area contributed by atoms with E-state index in [9.17, 15) is 4.79 Å². The highest BCUT2D eigenvalue weighted by molar-refractivity contribution is 7.94. The van der Waals surface area contributed by atoms with Crippen LogP contribution in [-0.4, -0.2) is 78.6 Å². The van der Waals surface area contributed by atoms with Crippen molar-refractivity contribution in [3.8, 4) is 11.5 Å². The number of morpholine rings is 1. The molecule has 0 spiro atoms. The van der Waals surface area contributed by atoms with Crippen molar-refractivity contribution in [2.24, 2.45) is 0 Å². The van der Waals surface area contributed by atoms with Crippen LogP contribution >= 0.6 is 12.1 Å². The number of hydrogen-bond acceptors (Lipinski definition) is 7. The molecule has 3 aliphatic heterocycles.